The number of fused-ring (bicyclic) bond motifs is 1. The number of nitrogens with one attached hydrogen (secondary N) is 1. The van der Waals surface area contributed by atoms with E-state index in [4.69, 9.17) is 9.15 Å². The summed E-state index contributed by atoms with van der Waals surface area (Å²) in [6.07, 6.45) is 8.07. The lowest BCUT2D eigenvalue weighted by Gasteiger charge is -2.14. The lowest BCUT2D eigenvalue weighted by Crippen LogP contribution is -2.27. The van der Waals surface area contributed by atoms with Crippen LogP contribution in [0.25, 0.3) is 11.0 Å². The van der Waals surface area contributed by atoms with Crippen LogP contribution in [-0.4, -0.2) is 13.2 Å². The van der Waals surface area contributed by atoms with E-state index in [0.29, 0.717) is 6.04 Å². The molecule has 3 nitrogen and oxygen atoms in total. The number of rotatable bonds is 4. The van der Waals surface area contributed by atoms with Crippen molar-refractivity contribution in [3.63, 3.8) is 0 Å². The highest BCUT2D eigenvalue weighted by molar-refractivity contribution is 5.83. The van der Waals surface area contributed by atoms with Crippen molar-refractivity contribution in [2.24, 2.45) is 0 Å². The van der Waals surface area contributed by atoms with E-state index >= 15 is 0 Å². The third kappa shape index (κ3) is 2.98. The number of hydrogen-bond donors (Lipinski definition) is 1. The van der Waals surface area contributed by atoms with Gasteiger partial charge in [0.15, 0.2) is 11.3 Å². The molecule has 0 saturated heterocycles. The van der Waals surface area contributed by atoms with Crippen LogP contribution < -0.4 is 10.1 Å². The Balaban J connectivity index is 1.68. The second-order valence-corrected chi connectivity index (χ2v) is 5.66. The van der Waals surface area contributed by atoms with Gasteiger partial charge in [0, 0.05) is 11.4 Å². The number of ether oxygens (including phenoxy) is 1. The molecule has 1 aliphatic rings. The maximum absolute atomic E-state index is 5.92. The Labute approximate surface area is 120 Å². The highest BCUT2D eigenvalue weighted by Crippen LogP contribution is 2.28. The van der Waals surface area contributed by atoms with Crippen molar-refractivity contribution in [1.29, 1.82) is 0 Å². The van der Waals surface area contributed by atoms with Crippen LogP contribution in [0.1, 0.15) is 44.3 Å². The van der Waals surface area contributed by atoms with Gasteiger partial charge in [-0.05, 0) is 25.0 Å². The van der Waals surface area contributed by atoms with E-state index in [9.17, 15) is 0 Å². The highest BCUT2D eigenvalue weighted by atomic mass is 16.5. The molecule has 108 valence electrons. The van der Waals surface area contributed by atoms with E-state index in [-0.39, 0.29) is 0 Å². The van der Waals surface area contributed by atoms with Gasteiger partial charge in [0.25, 0.3) is 0 Å². The first-order valence-electron chi connectivity index (χ1n) is 7.65. The first-order valence-corrected chi connectivity index (χ1v) is 7.65. The Kier molecular flexibility index (Phi) is 4.26. The zero-order valence-corrected chi connectivity index (χ0v) is 12.2. The van der Waals surface area contributed by atoms with Gasteiger partial charge in [-0.3, -0.25) is 0 Å². The molecule has 2 aromatic rings. The Hall–Kier alpha value is -1.48. The van der Waals surface area contributed by atoms with Crippen LogP contribution in [0.3, 0.4) is 0 Å². The smallest absolute Gasteiger partial charge is 0.176 e. The molecular formula is C17H23NO2. The van der Waals surface area contributed by atoms with Crippen LogP contribution in [-0.2, 0) is 6.54 Å². The molecule has 1 aromatic heterocycles. The molecule has 3 rings (SSSR count). The third-order valence-corrected chi connectivity index (χ3v) is 4.20. The first-order chi connectivity index (χ1) is 9.86. The van der Waals surface area contributed by atoms with Gasteiger partial charge in [-0.2, -0.15) is 0 Å². The predicted octanol–water partition coefficient (Wildman–Crippen LogP) is 4.25. The van der Waals surface area contributed by atoms with E-state index in [1.165, 1.54) is 38.5 Å². The summed E-state index contributed by atoms with van der Waals surface area (Å²) in [5.41, 5.74) is 0.854. The van der Waals surface area contributed by atoms with Crippen molar-refractivity contribution in [2.45, 2.75) is 51.1 Å². The highest BCUT2D eigenvalue weighted by Gasteiger charge is 2.13. The fourth-order valence-corrected chi connectivity index (χ4v) is 3.07. The number of para-hydroxylation sites is 1. The van der Waals surface area contributed by atoms with Gasteiger partial charge in [-0.1, -0.05) is 37.8 Å². The van der Waals surface area contributed by atoms with Crippen LogP contribution in [0.15, 0.2) is 28.7 Å². The molecule has 1 heterocycles. The minimum absolute atomic E-state index is 0.646. The molecule has 1 aliphatic carbocycles. The van der Waals surface area contributed by atoms with Crippen LogP contribution in [0, 0.1) is 0 Å². The van der Waals surface area contributed by atoms with E-state index < -0.39 is 0 Å². The fourth-order valence-electron chi connectivity index (χ4n) is 3.07. The minimum Gasteiger partial charge on any atom is -0.493 e. The van der Waals surface area contributed by atoms with E-state index in [1.807, 2.05) is 12.1 Å². The van der Waals surface area contributed by atoms with Crippen molar-refractivity contribution in [3.8, 4) is 5.75 Å². The lowest BCUT2D eigenvalue weighted by atomic mass is 10.1. The monoisotopic (exact) mass is 273 g/mol. The van der Waals surface area contributed by atoms with Crippen LogP contribution in [0.4, 0.5) is 0 Å². The van der Waals surface area contributed by atoms with Crippen molar-refractivity contribution in [3.05, 3.63) is 30.0 Å². The predicted molar refractivity (Wildman–Crippen MR) is 81.1 cm³/mol. The van der Waals surface area contributed by atoms with Gasteiger partial charge in [-0.15, -0.1) is 0 Å². The molecular weight excluding hydrogens is 250 g/mol. The molecule has 0 atom stereocenters. The normalized spacial score (nSPS) is 17.2. The molecule has 0 spiro atoms. The molecule has 20 heavy (non-hydrogen) atoms. The average Bonchev–Trinajstić information content (AvgIpc) is 2.72. The van der Waals surface area contributed by atoms with E-state index in [1.54, 1.807) is 7.11 Å². The second-order valence-electron chi connectivity index (χ2n) is 5.66. The van der Waals surface area contributed by atoms with Gasteiger partial charge >= 0.3 is 0 Å². The van der Waals surface area contributed by atoms with Gasteiger partial charge in [0.1, 0.15) is 5.76 Å². The van der Waals surface area contributed by atoms with E-state index in [2.05, 4.69) is 17.4 Å². The second kappa shape index (κ2) is 6.31. The van der Waals surface area contributed by atoms with Crippen LogP contribution >= 0.6 is 0 Å². The summed E-state index contributed by atoms with van der Waals surface area (Å²) in [7, 11) is 1.68. The average molecular weight is 273 g/mol. The molecule has 0 radical (unpaired) electrons. The summed E-state index contributed by atoms with van der Waals surface area (Å²) >= 11 is 0. The molecule has 0 unspecified atom stereocenters. The van der Waals surface area contributed by atoms with Gasteiger partial charge < -0.3 is 14.5 Å². The number of methoxy groups -OCH3 is 1. The maximum Gasteiger partial charge on any atom is 0.176 e. The quantitative estimate of drug-likeness (QED) is 0.845. The number of furan rings is 1. The molecule has 0 bridgehead atoms. The standard InChI is InChI=1S/C17H23NO2/c1-19-16-10-6-7-13-11-15(20-17(13)16)12-18-14-8-4-2-3-5-9-14/h6-7,10-11,14,18H,2-5,8-9,12H2,1H3. The third-order valence-electron chi connectivity index (χ3n) is 4.20. The summed E-state index contributed by atoms with van der Waals surface area (Å²) in [4.78, 5) is 0. The summed E-state index contributed by atoms with van der Waals surface area (Å²) in [5.74, 6) is 1.80. The summed E-state index contributed by atoms with van der Waals surface area (Å²) in [6, 6.07) is 8.76. The molecule has 3 heteroatoms. The Morgan fingerprint density at radius 2 is 2.00 bits per heavy atom. The fraction of sp³-hybridized carbons (Fsp3) is 0.529. The zero-order valence-electron chi connectivity index (χ0n) is 12.2. The molecule has 1 fully saturated rings. The Morgan fingerprint density at radius 1 is 1.20 bits per heavy atom. The van der Waals surface area contributed by atoms with Gasteiger partial charge in [0.2, 0.25) is 0 Å². The Bertz CT molecular complexity index is 553. The first kappa shape index (κ1) is 13.5. The minimum atomic E-state index is 0.646. The van der Waals surface area contributed by atoms with Crippen molar-refractivity contribution in [2.75, 3.05) is 7.11 Å². The Morgan fingerprint density at radius 3 is 2.75 bits per heavy atom. The largest absolute Gasteiger partial charge is 0.493 e. The molecule has 0 amide bonds. The van der Waals surface area contributed by atoms with Crippen molar-refractivity contribution in [1.82, 2.24) is 5.32 Å². The SMILES string of the molecule is COc1cccc2cc(CNC3CCCCCC3)oc12. The van der Waals surface area contributed by atoms with Crippen LogP contribution in [0.5, 0.6) is 5.75 Å². The maximum atomic E-state index is 5.92. The van der Waals surface area contributed by atoms with Crippen molar-refractivity contribution >= 4 is 11.0 Å². The molecule has 1 aromatic carbocycles. The molecule has 1 saturated carbocycles. The van der Waals surface area contributed by atoms with Crippen molar-refractivity contribution < 1.29 is 9.15 Å². The van der Waals surface area contributed by atoms with Gasteiger partial charge in [-0.25, -0.2) is 0 Å². The lowest BCUT2D eigenvalue weighted by molar-refractivity contribution is 0.399. The number of hydrogen-bond acceptors (Lipinski definition) is 3. The topological polar surface area (TPSA) is 34.4 Å². The van der Waals surface area contributed by atoms with Gasteiger partial charge in [0.05, 0.1) is 13.7 Å². The zero-order chi connectivity index (χ0) is 13.8. The number of benzene rings is 1. The summed E-state index contributed by atoms with van der Waals surface area (Å²) < 4.78 is 11.3. The van der Waals surface area contributed by atoms with E-state index in [0.717, 1.165) is 29.0 Å². The summed E-state index contributed by atoms with van der Waals surface area (Å²) in [6.45, 7) is 0.808. The molecule has 0 aliphatic heterocycles. The van der Waals surface area contributed by atoms with Crippen LogP contribution in [0.2, 0.25) is 0 Å². The molecule has 1 N–H and O–H groups in total. The summed E-state index contributed by atoms with van der Waals surface area (Å²) in [5, 5.41) is 4.75.